The van der Waals surface area contributed by atoms with Gasteiger partial charge in [0.2, 0.25) is 5.91 Å². The first kappa shape index (κ1) is 17.2. The summed E-state index contributed by atoms with van der Waals surface area (Å²) in [5.74, 6) is 0.738. The number of fused-ring (bicyclic) bond motifs is 1. The fourth-order valence-corrected chi connectivity index (χ4v) is 5.39. The number of hydrogen-bond donors (Lipinski definition) is 0. The van der Waals surface area contributed by atoms with Crippen molar-refractivity contribution in [2.75, 3.05) is 17.4 Å². The third kappa shape index (κ3) is 2.91. The third-order valence-corrected chi connectivity index (χ3v) is 7.18. The minimum atomic E-state index is -0.0978. The Balaban J connectivity index is 1.66. The van der Waals surface area contributed by atoms with Crippen LogP contribution in [0.3, 0.4) is 0 Å². The van der Waals surface area contributed by atoms with E-state index in [1.807, 2.05) is 17.5 Å². The van der Waals surface area contributed by atoms with Crippen molar-refractivity contribution in [1.29, 1.82) is 5.26 Å². The molecule has 4 nitrogen and oxygen atoms in total. The number of anilines is 1. The van der Waals surface area contributed by atoms with Gasteiger partial charge in [-0.2, -0.15) is 5.26 Å². The molecule has 4 rings (SSSR count). The molecule has 0 bridgehead atoms. The van der Waals surface area contributed by atoms with Crippen molar-refractivity contribution in [3.8, 4) is 6.07 Å². The van der Waals surface area contributed by atoms with E-state index in [0.717, 1.165) is 27.0 Å². The molecule has 0 aliphatic carbocycles. The van der Waals surface area contributed by atoms with Crippen LogP contribution >= 0.6 is 23.1 Å². The van der Waals surface area contributed by atoms with Crippen molar-refractivity contribution in [2.45, 2.75) is 26.2 Å². The lowest BCUT2D eigenvalue weighted by Crippen LogP contribution is -2.47. The molecule has 1 saturated heterocycles. The molecule has 0 radical (unpaired) electrons. The average Bonchev–Trinajstić information content (AvgIpc) is 3.18. The number of rotatable bonds is 2. The molecule has 1 amide bonds. The number of thioether (sulfide) groups is 1. The highest BCUT2D eigenvalue weighted by Crippen LogP contribution is 2.44. The van der Waals surface area contributed by atoms with Crippen LogP contribution in [-0.4, -0.2) is 23.4 Å². The second-order valence-corrected chi connectivity index (χ2v) is 8.56. The van der Waals surface area contributed by atoms with Gasteiger partial charge in [0.1, 0.15) is 0 Å². The average molecular weight is 382 g/mol. The minimum absolute atomic E-state index is 0.0958. The van der Waals surface area contributed by atoms with Crippen molar-refractivity contribution in [2.24, 2.45) is 0 Å². The zero-order valence-corrected chi connectivity index (χ0v) is 16.4. The van der Waals surface area contributed by atoms with E-state index in [2.05, 4.69) is 43.0 Å². The predicted molar refractivity (Wildman–Crippen MR) is 107 cm³/mol. The van der Waals surface area contributed by atoms with Crippen LogP contribution in [0, 0.1) is 25.2 Å². The Morgan fingerprint density at radius 2 is 2.08 bits per heavy atom. The van der Waals surface area contributed by atoms with Crippen LogP contribution < -0.4 is 4.90 Å². The summed E-state index contributed by atoms with van der Waals surface area (Å²) in [5.41, 5.74) is 4.36. The van der Waals surface area contributed by atoms with Crippen LogP contribution in [0.25, 0.3) is 0 Å². The molecule has 2 aliphatic heterocycles. The van der Waals surface area contributed by atoms with Gasteiger partial charge in [0.25, 0.3) is 0 Å². The lowest BCUT2D eigenvalue weighted by Gasteiger charge is -2.42. The number of benzene rings is 1. The minimum Gasteiger partial charge on any atom is -0.344 e. The summed E-state index contributed by atoms with van der Waals surface area (Å²) in [7, 11) is 0. The fraction of sp³-hybridized carbons (Fsp3) is 0.300. The summed E-state index contributed by atoms with van der Waals surface area (Å²) < 4.78 is 0. The number of carbonyl (C=O) groups excluding carboxylic acids is 1. The molecule has 0 saturated carbocycles. The van der Waals surface area contributed by atoms with Crippen molar-refractivity contribution >= 4 is 34.7 Å². The van der Waals surface area contributed by atoms with Gasteiger partial charge in [0.15, 0.2) is 0 Å². The topological polar surface area (TPSA) is 47.3 Å². The number of amides is 1. The maximum atomic E-state index is 12.8. The maximum absolute atomic E-state index is 12.8. The number of allylic oxidation sites excluding steroid dienone is 1. The molecule has 26 heavy (non-hydrogen) atoms. The molecule has 1 fully saturated rings. The van der Waals surface area contributed by atoms with Gasteiger partial charge in [-0.05, 0) is 48.6 Å². The monoisotopic (exact) mass is 381 g/mol. The van der Waals surface area contributed by atoms with Crippen LogP contribution in [0.15, 0.2) is 46.3 Å². The highest BCUT2D eigenvalue weighted by atomic mass is 32.2. The van der Waals surface area contributed by atoms with Crippen LogP contribution in [-0.2, 0) is 4.79 Å². The summed E-state index contributed by atoms with van der Waals surface area (Å²) >= 11 is 3.20. The van der Waals surface area contributed by atoms with Gasteiger partial charge in [0, 0.05) is 22.9 Å². The summed E-state index contributed by atoms with van der Waals surface area (Å²) in [6, 6.07) is 12.8. The van der Waals surface area contributed by atoms with E-state index in [0.29, 0.717) is 13.1 Å². The highest BCUT2D eigenvalue weighted by molar-refractivity contribution is 8.03. The van der Waals surface area contributed by atoms with Gasteiger partial charge in [-0.1, -0.05) is 23.9 Å². The molecular formula is C20H19N3OS2. The Kier molecular flexibility index (Phi) is 4.51. The SMILES string of the molecule is Cc1ccc(N2CSC3=C(C#N)[C@@H](c4cccs4)CC(=O)N3C2)cc1C. The summed E-state index contributed by atoms with van der Waals surface area (Å²) in [5, 5.41) is 12.6. The number of hydrogen-bond acceptors (Lipinski definition) is 5. The Bertz CT molecular complexity index is 927. The molecule has 1 aromatic heterocycles. The molecular weight excluding hydrogens is 362 g/mol. The van der Waals surface area contributed by atoms with E-state index in [4.69, 9.17) is 0 Å². The molecule has 6 heteroatoms. The second kappa shape index (κ2) is 6.82. The van der Waals surface area contributed by atoms with Crippen LogP contribution in [0.5, 0.6) is 0 Å². The Morgan fingerprint density at radius 1 is 1.23 bits per heavy atom. The number of carbonyl (C=O) groups is 1. The van der Waals surface area contributed by atoms with E-state index in [-0.39, 0.29) is 11.8 Å². The summed E-state index contributed by atoms with van der Waals surface area (Å²) in [4.78, 5) is 17.9. The normalized spacial score (nSPS) is 20.2. The van der Waals surface area contributed by atoms with E-state index in [1.165, 1.54) is 11.1 Å². The van der Waals surface area contributed by atoms with E-state index in [1.54, 1.807) is 28.0 Å². The first-order chi connectivity index (χ1) is 12.6. The van der Waals surface area contributed by atoms with Gasteiger partial charge in [-0.25, -0.2) is 0 Å². The van der Waals surface area contributed by atoms with Gasteiger partial charge in [-0.3, -0.25) is 9.69 Å². The largest absolute Gasteiger partial charge is 0.344 e. The van der Waals surface area contributed by atoms with E-state index >= 15 is 0 Å². The van der Waals surface area contributed by atoms with E-state index in [9.17, 15) is 10.1 Å². The number of aryl methyl sites for hydroxylation is 2. The molecule has 3 heterocycles. The van der Waals surface area contributed by atoms with Crippen LogP contribution in [0.1, 0.15) is 28.3 Å². The maximum Gasteiger partial charge on any atom is 0.229 e. The molecule has 2 aromatic rings. The second-order valence-electron chi connectivity index (χ2n) is 6.65. The Hall–Kier alpha value is -2.23. The van der Waals surface area contributed by atoms with Crippen molar-refractivity contribution in [3.63, 3.8) is 0 Å². The van der Waals surface area contributed by atoms with Crippen molar-refractivity contribution in [1.82, 2.24) is 4.90 Å². The summed E-state index contributed by atoms with van der Waals surface area (Å²) in [6.07, 6.45) is 0.369. The fourth-order valence-electron chi connectivity index (χ4n) is 3.38. The molecule has 1 aromatic carbocycles. The van der Waals surface area contributed by atoms with Gasteiger partial charge in [-0.15, -0.1) is 11.3 Å². The van der Waals surface area contributed by atoms with Crippen molar-refractivity contribution in [3.05, 3.63) is 62.3 Å². The lowest BCUT2D eigenvalue weighted by molar-refractivity contribution is -0.129. The van der Waals surface area contributed by atoms with Gasteiger partial charge in [0.05, 0.1) is 29.2 Å². The van der Waals surface area contributed by atoms with Gasteiger partial charge < -0.3 is 4.90 Å². The van der Waals surface area contributed by atoms with E-state index < -0.39 is 0 Å². The van der Waals surface area contributed by atoms with Crippen LogP contribution in [0.2, 0.25) is 0 Å². The quantitative estimate of drug-likeness (QED) is 0.764. The van der Waals surface area contributed by atoms with Gasteiger partial charge >= 0.3 is 0 Å². The standard InChI is InChI=1S/C20H19N3OS2/c1-13-5-6-15(8-14(13)2)22-11-23-19(24)9-16(18-4-3-7-25-18)17(10-21)20(23)26-12-22/h3-8,16H,9,11-12H2,1-2H3/t16-/m0/s1. The first-order valence-corrected chi connectivity index (χ1v) is 10.4. The zero-order chi connectivity index (χ0) is 18.3. The zero-order valence-electron chi connectivity index (χ0n) is 14.7. The van der Waals surface area contributed by atoms with Crippen molar-refractivity contribution < 1.29 is 4.79 Å². The smallest absolute Gasteiger partial charge is 0.229 e. The Labute approximate surface area is 161 Å². The summed E-state index contributed by atoms with van der Waals surface area (Å²) in [6.45, 7) is 4.71. The Morgan fingerprint density at radius 3 is 2.77 bits per heavy atom. The lowest BCUT2D eigenvalue weighted by atomic mass is 9.92. The van der Waals surface area contributed by atoms with Crippen LogP contribution in [0.4, 0.5) is 5.69 Å². The first-order valence-electron chi connectivity index (χ1n) is 8.51. The molecule has 0 spiro atoms. The predicted octanol–water partition coefficient (Wildman–Crippen LogP) is 4.58. The third-order valence-electron chi connectivity index (χ3n) is 5.04. The number of thiophene rings is 1. The number of nitriles is 1. The molecule has 2 aliphatic rings. The molecule has 0 N–H and O–H groups in total. The number of nitrogens with zero attached hydrogens (tertiary/aromatic N) is 3. The molecule has 132 valence electrons. The molecule has 1 atom stereocenters. The molecule has 0 unspecified atom stereocenters. The highest BCUT2D eigenvalue weighted by Gasteiger charge is 2.38.